The summed E-state index contributed by atoms with van der Waals surface area (Å²) in [6.07, 6.45) is 2.58. The van der Waals surface area contributed by atoms with Crippen LogP contribution < -0.4 is 9.47 Å². The summed E-state index contributed by atoms with van der Waals surface area (Å²) in [7, 11) is 1.60. The van der Waals surface area contributed by atoms with Crippen molar-refractivity contribution < 1.29 is 14.3 Å². The smallest absolute Gasteiger partial charge is 0.175 e. The number of benzene rings is 2. The molecule has 0 fully saturated rings. The number of methoxy groups -OCH3 is 1. The molecule has 0 amide bonds. The van der Waals surface area contributed by atoms with Crippen LogP contribution in [0.25, 0.3) is 0 Å². The van der Waals surface area contributed by atoms with Crippen molar-refractivity contribution in [2.24, 2.45) is 5.16 Å². The van der Waals surface area contributed by atoms with Gasteiger partial charge in [-0.3, -0.25) is 0 Å². The normalized spacial score (nSPS) is 11.8. The van der Waals surface area contributed by atoms with Gasteiger partial charge in [-0.1, -0.05) is 30.3 Å². The fourth-order valence-electron chi connectivity index (χ4n) is 2.17. The maximum Gasteiger partial charge on any atom is 0.175 e. The zero-order valence-electron chi connectivity index (χ0n) is 15.0. The highest BCUT2D eigenvalue weighted by Crippen LogP contribution is 2.37. The minimum atomic E-state index is 0.0863. The first-order chi connectivity index (χ1) is 12.6. The molecule has 0 aliphatic heterocycles. The van der Waals surface area contributed by atoms with Gasteiger partial charge in [-0.2, -0.15) is 5.26 Å². The third-order valence-electron chi connectivity index (χ3n) is 3.78. The number of hydrogen-bond donors (Lipinski definition) is 0. The summed E-state index contributed by atoms with van der Waals surface area (Å²) in [4.78, 5) is 5.32. The summed E-state index contributed by atoms with van der Waals surface area (Å²) in [6.45, 7) is 4.30. The van der Waals surface area contributed by atoms with Gasteiger partial charge in [0, 0.05) is 11.1 Å². The van der Waals surface area contributed by atoms with E-state index in [0.717, 1.165) is 22.0 Å². The van der Waals surface area contributed by atoms with E-state index in [2.05, 4.69) is 34.1 Å². The van der Waals surface area contributed by atoms with E-state index < -0.39 is 0 Å². The van der Waals surface area contributed by atoms with Crippen LogP contribution in [0, 0.1) is 11.3 Å². The van der Waals surface area contributed by atoms with Gasteiger partial charge in [-0.05, 0) is 47.5 Å². The lowest BCUT2D eigenvalue weighted by Gasteiger charge is -2.17. The van der Waals surface area contributed by atoms with Gasteiger partial charge in [0.1, 0.15) is 6.61 Å². The maximum absolute atomic E-state index is 9.07. The number of hydrogen-bond acceptors (Lipinski definition) is 5. The zero-order valence-corrected chi connectivity index (χ0v) is 16.6. The molecule has 0 saturated carbocycles. The summed E-state index contributed by atoms with van der Waals surface area (Å²) in [5, 5.41) is 13.1. The van der Waals surface area contributed by atoms with Crippen LogP contribution >= 0.6 is 15.9 Å². The zero-order chi connectivity index (χ0) is 18.9. The summed E-state index contributed by atoms with van der Waals surface area (Å²) in [5.41, 5.74) is 2.18. The van der Waals surface area contributed by atoms with Crippen LogP contribution in [0.1, 0.15) is 37.0 Å². The minimum Gasteiger partial charge on any atom is -0.493 e. The van der Waals surface area contributed by atoms with Crippen molar-refractivity contribution in [1.82, 2.24) is 0 Å². The van der Waals surface area contributed by atoms with Gasteiger partial charge in [0.2, 0.25) is 0 Å². The maximum atomic E-state index is 9.07. The van der Waals surface area contributed by atoms with E-state index >= 15 is 0 Å². The Bertz CT molecular complexity index is 815. The summed E-state index contributed by atoms with van der Waals surface area (Å²) >= 11 is 3.52. The second-order valence-electron chi connectivity index (χ2n) is 5.65. The number of nitriles is 1. The van der Waals surface area contributed by atoms with Crippen LogP contribution in [0.5, 0.6) is 11.5 Å². The van der Waals surface area contributed by atoms with Crippen molar-refractivity contribution in [2.45, 2.75) is 33.0 Å². The number of nitrogens with zero attached hydrogens (tertiary/aromatic N) is 2. The minimum absolute atomic E-state index is 0.0863. The molecule has 2 aromatic rings. The molecule has 0 bridgehead atoms. The van der Waals surface area contributed by atoms with Crippen LogP contribution in [0.2, 0.25) is 0 Å². The van der Waals surface area contributed by atoms with Crippen molar-refractivity contribution in [2.75, 3.05) is 7.11 Å². The van der Waals surface area contributed by atoms with Crippen LogP contribution in [0.15, 0.2) is 46.0 Å². The molecule has 5 nitrogen and oxygen atoms in total. The largest absolute Gasteiger partial charge is 0.493 e. The molecular formula is C20H21BrN2O3. The van der Waals surface area contributed by atoms with Gasteiger partial charge in [-0.15, -0.1) is 0 Å². The van der Waals surface area contributed by atoms with E-state index in [-0.39, 0.29) is 12.7 Å². The summed E-state index contributed by atoms with van der Waals surface area (Å²) < 4.78 is 12.1. The van der Waals surface area contributed by atoms with Gasteiger partial charge < -0.3 is 14.3 Å². The Morgan fingerprint density at radius 3 is 2.77 bits per heavy atom. The Hall–Kier alpha value is -2.52. The van der Waals surface area contributed by atoms with E-state index in [4.69, 9.17) is 19.6 Å². The Morgan fingerprint density at radius 2 is 2.08 bits per heavy atom. The summed E-state index contributed by atoms with van der Waals surface area (Å²) in [5.74, 6) is 1.29. The van der Waals surface area contributed by atoms with Crippen LogP contribution in [-0.2, 0) is 11.4 Å². The lowest BCUT2D eigenvalue weighted by molar-refractivity contribution is 0.132. The Morgan fingerprint density at radius 1 is 1.31 bits per heavy atom. The Balaban J connectivity index is 2.08. The fraction of sp³-hybridized carbons (Fsp3) is 0.300. The molecule has 0 radical (unpaired) electrons. The number of ether oxygens (including phenoxy) is 2. The lowest BCUT2D eigenvalue weighted by Crippen LogP contribution is -2.11. The molecule has 136 valence electrons. The highest BCUT2D eigenvalue weighted by Gasteiger charge is 2.13. The van der Waals surface area contributed by atoms with Gasteiger partial charge in [-0.25, -0.2) is 0 Å². The van der Waals surface area contributed by atoms with Crippen molar-refractivity contribution >= 4 is 22.1 Å². The van der Waals surface area contributed by atoms with E-state index in [1.54, 1.807) is 19.4 Å². The average Bonchev–Trinajstić information content (AvgIpc) is 2.67. The van der Waals surface area contributed by atoms with Crippen molar-refractivity contribution in [1.29, 1.82) is 5.26 Å². The average molecular weight is 417 g/mol. The number of oxime groups is 1. The van der Waals surface area contributed by atoms with Gasteiger partial charge in [0.15, 0.2) is 11.5 Å². The SMILES string of the molecule is CC[C@H](C)Oc1c(Br)cc(/C=N\OCc2ccccc2C#N)cc1OC. The van der Waals surface area contributed by atoms with E-state index in [1.165, 1.54) is 0 Å². The highest BCUT2D eigenvalue weighted by molar-refractivity contribution is 9.10. The van der Waals surface area contributed by atoms with Gasteiger partial charge in [0.05, 0.1) is 35.5 Å². The molecule has 6 heteroatoms. The molecular weight excluding hydrogens is 396 g/mol. The van der Waals surface area contributed by atoms with E-state index in [9.17, 15) is 0 Å². The van der Waals surface area contributed by atoms with Crippen LogP contribution in [0.4, 0.5) is 0 Å². The quantitative estimate of drug-likeness (QED) is 0.445. The topological polar surface area (TPSA) is 63.8 Å². The predicted molar refractivity (Wildman–Crippen MR) is 105 cm³/mol. The lowest BCUT2D eigenvalue weighted by atomic mass is 10.1. The second kappa shape index (κ2) is 9.83. The second-order valence-corrected chi connectivity index (χ2v) is 6.50. The van der Waals surface area contributed by atoms with E-state index in [1.807, 2.05) is 37.3 Å². The van der Waals surface area contributed by atoms with Crippen LogP contribution in [0.3, 0.4) is 0 Å². The molecule has 0 heterocycles. The third kappa shape index (κ3) is 5.24. The summed E-state index contributed by atoms with van der Waals surface area (Å²) in [6, 6.07) is 13.1. The Labute approximate surface area is 162 Å². The first kappa shape index (κ1) is 19.8. The standard InChI is InChI=1S/C20H21BrN2O3/c1-4-14(2)26-20-18(21)9-15(10-19(20)24-3)12-23-25-13-17-8-6-5-7-16(17)11-22/h5-10,12,14H,4,13H2,1-3H3/b23-12-/t14-/m0/s1. The van der Waals surface area contributed by atoms with Crippen molar-refractivity contribution in [3.63, 3.8) is 0 Å². The monoisotopic (exact) mass is 416 g/mol. The predicted octanol–water partition coefficient (Wildman–Crippen LogP) is 5.06. The number of rotatable bonds is 8. The van der Waals surface area contributed by atoms with E-state index in [0.29, 0.717) is 17.1 Å². The molecule has 2 rings (SSSR count). The Kier molecular flexibility index (Phi) is 7.49. The molecule has 0 saturated heterocycles. The molecule has 0 unspecified atom stereocenters. The molecule has 26 heavy (non-hydrogen) atoms. The molecule has 0 aliphatic carbocycles. The van der Waals surface area contributed by atoms with Gasteiger partial charge in [0.25, 0.3) is 0 Å². The first-order valence-electron chi connectivity index (χ1n) is 8.26. The molecule has 1 atom stereocenters. The van der Waals surface area contributed by atoms with Crippen molar-refractivity contribution in [3.05, 3.63) is 57.6 Å². The molecule has 0 N–H and O–H groups in total. The van der Waals surface area contributed by atoms with Crippen LogP contribution in [-0.4, -0.2) is 19.4 Å². The third-order valence-corrected chi connectivity index (χ3v) is 4.37. The first-order valence-corrected chi connectivity index (χ1v) is 9.05. The molecule has 0 spiro atoms. The molecule has 0 aromatic heterocycles. The van der Waals surface area contributed by atoms with Crippen molar-refractivity contribution in [3.8, 4) is 17.6 Å². The van der Waals surface area contributed by atoms with Gasteiger partial charge >= 0.3 is 0 Å². The number of halogens is 1. The molecule has 0 aliphatic rings. The molecule has 2 aromatic carbocycles. The fourth-order valence-corrected chi connectivity index (χ4v) is 2.73. The highest BCUT2D eigenvalue weighted by atomic mass is 79.9.